The monoisotopic (exact) mass is 220 g/mol. The van der Waals surface area contributed by atoms with Gasteiger partial charge in [0.25, 0.3) is 0 Å². The zero-order valence-corrected chi connectivity index (χ0v) is 9.31. The topological polar surface area (TPSA) is 43.6 Å². The lowest BCUT2D eigenvalue weighted by Gasteiger charge is -1.98. The molecule has 0 aliphatic heterocycles. The van der Waals surface area contributed by atoms with Crippen LogP contribution in [0, 0.1) is 12.7 Å². The summed E-state index contributed by atoms with van der Waals surface area (Å²) in [5, 5.41) is 12.1. The van der Waals surface area contributed by atoms with E-state index in [4.69, 9.17) is 0 Å². The van der Waals surface area contributed by atoms with E-state index in [1.165, 1.54) is 6.07 Å². The molecule has 0 saturated heterocycles. The van der Waals surface area contributed by atoms with Crippen molar-refractivity contribution < 1.29 is 4.39 Å². The van der Waals surface area contributed by atoms with Gasteiger partial charge in [0.2, 0.25) is 5.82 Å². The van der Waals surface area contributed by atoms with Crippen LogP contribution in [0.15, 0.2) is 18.2 Å². The van der Waals surface area contributed by atoms with Gasteiger partial charge in [-0.3, -0.25) is 0 Å². The molecule has 1 heterocycles. The molecule has 0 bridgehead atoms. The van der Waals surface area contributed by atoms with Gasteiger partial charge in [-0.1, -0.05) is 6.92 Å². The second-order valence-electron chi connectivity index (χ2n) is 3.67. The molecule has 2 rings (SSSR count). The molecule has 0 N–H and O–H groups in total. The van der Waals surface area contributed by atoms with Crippen LogP contribution >= 0.6 is 0 Å². The van der Waals surface area contributed by atoms with Gasteiger partial charge in [-0.2, -0.15) is 4.80 Å². The Morgan fingerprint density at radius 3 is 2.88 bits per heavy atom. The van der Waals surface area contributed by atoms with Gasteiger partial charge in [0.1, 0.15) is 5.82 Å². The molecular weight excluding hydrogens is 207 g/mol. The van der Waals surface area contributed by atoms with Gasteiger partial charge in [0, 0.05) is 5.56 Å². The largest absolute Gasteiger partial charge is 0.207 e. The fraction of sp³-hybridized carbons (Fsp3) is 0.364. The molecule has 0 radical (unpaired) electrons. The highest BCUT2D eigenvalue weighted by Gasteiger charge is 2.07. The molecule has 1 aromatic heterocycles. The van der Waals surface area contributed by atoms with E-state index in [0.29, 0.717) is 11.4 Å². The first-order valence-corrected chi connectivity index (χ1v) is 5.25. The molecule has 0 aliphatic rings. The normalized spacial score (nSPS) is 10.7. The number of halogens is 1. The maximum Gasteiger partial charge on any atom is 0.204 e. The molecule has 0 fully saturated rings. The molecule has 0 spiro atoms. The van der Waals surface area contributed by atoms with Crippen molar-refractivity contribution >= 4 is 0 Å². The SMILES string of the molecule is CCCn1nnc(-c2ccc(F)c(C)c2)n1. The lowest BCUT2D eigenvalue weighted by atomic mass is 10.1. The zero-order chi connectivity index (χ0) is 11.5. The van der Waals surface area contributed by atoms with Gasteiger partial charge >= 0.3 is 0 Å². The average molecular weight is 220 g/mol. The van der Waals surface area contributed by atoms with Gasteiger partial charge < -0.3 is 0 Å². The van der Waals surface area contributed by atoms with E-state index in [2.05, 4.69) is 15.4 Å². The maximum atomic E-state index is 13.1. The van der Waals surface area contributed by atoms with Crippen molar-refractivity contribution in [3.05, 3.63) is 29.6 Å². The van der Waals surface area contributed by atoms with Crippen molar-refractivity contribution in [2.45, 2.75) is 26.8 Å². The van der Waals surface area contributed by atoms with E-state index in [1.807, 2.05) is 6.92 Å². The van der Waals surface area contributed by atoms with Crippen LogP contribution in [-0.2, 0) is 6.54 Å². The molecule has 0 atom stereocenters. The van der Waals surface area contributed by atoms with Crippen LogP contribution in [0.4, 0.5) is 4.39 Å². The molecule has 2 aromatic rings. The van der Waals surface area contributed by atoms with Crippen LogP contribution in [0.3, 0.4) is 0 Å². The van der Waals surface area contributed by atoms with Crippen molar-refractivity contribution in [2.75, 3.05) is 0 Å². The van der Waals surface area contributed by atoms with Crippen molar-refractivity contribution in [1.82, 2.24) is 20.2 Å². The van der Waals surface area contributed by atoms with Gasteiger partial charge in [-0.15, -0.1) is 10.2 Å². The lowest BCUT2D eigenvalue weighted by molar-refractivity contribution is 0.515. The number of rotatable bonds is 3. The molecule has 5 heteroatoms. The standard InChI is InChI=1S/C11H13FN4/c1-3-6-16-14-11(13-15-16)9-4-5-10(12)8(2)7-9/h4-5,7H,3,6H2,1-2H3. The van der Waals surface area contributed by atoms with Crippen molar-refractivity contribution in [2.24, 2.45) is 0 Å². The molecule has 0 saturated carbocycles. The van der Waals surface area contributed by atoms with Crippen molar-refractivity contribution in [1.29, 1.82) is 0 Å². The summed E-state index contributed by atoms with van der Waals surface area (Å²) in [6.45, 7) is 4.51. The molecule has 84 valence electrons. The minimum absolute atomic E-state index is 0.218. The Hall–Kier alpha value is -1.78. The maximum absolute atomic E-state index is 13.1. The summed E-state index contributed by atoms with van der Waals surface area (Å²) >= 11 is 0. The van der Waals surface area contributed by atoms with Gasteiger partial charge in [0.05, 0.1) is 6.54 Å². The fourth-order valence-corrected chi connectivity index (χ4v) is 1.44. The van der Waals surface area contributed by atoms with E-state index in [0.717, 1.165) is 18.5 Å². The third-order valence-electron chi connectivity index (χ3n) is 2.29. The summed E-state index contributed by atoms with van der Waals surface area (Å²) in [6.07, 6.45) is 0.957. The van der Waals surface area contributed by atoms with E-state index in [1.54, 1.807) is 23.9 Å². The predicted molar refractivity (Wildman–Crippen MR) is 58.2 cm³/mol. The van der Waals surface area contributed by atoms with E-state index in [-0.39, 0.29) is 5.82 Å². The van der Waals surface area contributed by atoms with Crippen LogP contribution in [0.5, 0.6) is 0 Å². The van der Waals surface area contributed by atoms with Crippen LogP contribution < -0.4 is 0 Å². The van der Waals surface area contributed by atoms with E-state index in [9.17, 15) is 4.39 Å². The summed E-state index contributed by atoms with van der Waals surface area (Å²) < 4.78 is 13.1. The number of aromatic nitrogens is 4. The number of hydrogen-bond acceptors (Lipinski definition) is 3. The second-order valence-corrected chi connectivity index (χ2v) is 3.67. The van der Waals surface area contributed by atoms with Crippen LogP contribution in [0.2, 0.25) is 0 Å². The minimum atomic E-state index is -0.218. The van der Waals surface area contributed by atoms with Crippen LogP contribution in [-0.4, -0.2) is 20.2 Å². The molecule has 16 heavy (non-hydrogen) atoms. The Labute approximate surface area is 93.1 Å². The second kappa shape index (κ2) is 4.38. The first-order chi connectivity index (χ1) is 7.70. The third-order valence-corrected chi connectivity index (χ3v) is 2.29. The predicted octanol–water partition coefficient (Wildman–Crippen LogP) is 2.20. The highest BCUT2D eigenvalue weighted by Crippen LogP contribution is 2.17. The number of hydrogen-bond donors (Lipinski definition) is 0. The third kappa shape index (κ3) is 2.08. The first kappa shape index (κ1) is 10.7. The van der Waals surface area contributed by atoms with Gasteiger partial charge in [-0.05, 0) is 42.3 Å². The first-order valence-electron chi connectivity index (χ1n) is 5.25. The van der Waals surface area contributed by atoms with Crippen molar-refractivity contribution in [3.63, 3.8) is 0 Å². The Kier molecular flexibility index (Phi) is 2.94. The van der Waals surface area contributed by atoms with Crippen LogP contribution in [0.25, 0.3) is 11.4 Å². The lowest BCUT2D eigenvalue weighted by Crippen LogP contribution is -2.00. The molecule has 1 aromatic carbocycles. The zero-order valence-electron chi connectivity index (χ0n) is 9.31. The average Bonchev–Trinajstić information content (AvgIpc) is 2.71. The summed E-state index contributed by atoms with van der Waals surface area (Å²) in [4.78, 5) is 1.55. The highest BCUT2D eigenvalue weighted by atomic mass is 19.1. The Balaban J connectivity index is 2.31. The number of nitrogens with zero attached hydrogens (tertiary/aromatic N) is 4. The Morgan fingerprint density at radius 1 is 1.38 bits per heavy atom. The number of tetrazole rings is 1. The molecular formula is C11H13FN4. The summed E-state index contributed by atoms with van der Waals surface area (Å²) in [7, 11) is 0. The van der Waals surface area contributed by atoms with Gasteiger partial charge in [0.15, 0.2) is 0 Å². The van der Waals surface area contributed by atoms with E-state index >= 15 is 0 Å². The molecule has 0 amide bonds. The molecule has 0 unspecified atom stereocenters. The number of aryl methyl sites for hydroxylation is 2. The van der Waals surface area contributed by atoms with Crippen LogP contribution in [0.1, 0.15) is 18.9 Å². The summed E-state index contributed by atoms with van der Waals surface area (Å²) in [5.74, 6) is 0.321. The fourth-order valence-electron chi connectivity index (χ4n) is 1.44. The summed E-state index contributed by atoms with van der Waals surface area (Å²) in [6, 6.07) is 4.81. The summed E-state index contributed by atoms with van der Waals surface area (Å²) in [5.41, 5.74) is 1.38. The number of benzene rings is 1. The Morgan fingerprint density at radius 2 is 2.19 bits per heavy atom. The minimum Gasteiger partial charge on any atom is -0.207 e. The molecule has 4 nitrogen and oxygen atoms in total. The quantitative estimate of drug-likeness (QED) is 0.796. The smallest absolute Gasteiger partial charge is 0.204 e. The van der Waals surface area contributed by atoms with Crippen molar-refractivity contribution in [3.8, 4) is 11.4 Å². The molecule has 0 aliphatic carbocycles. The van der Waals surface area contributed by atoms with E-state index < -0.39 is 0 Å². The Bertz CT molecular complexity index is 492. The van der Waals surface area contributed by atoms with Gasteiger partial charge in [-0.25, -0.2) is 4.39 Å². The highest BCUT2D eigenvalue weighted by molar-refractivity contribution is 5.54.